The predicted molar refractivity (Wildman–Crippen MR) is 151 cm³/mol. The molecule has 0 saturated carbocycles. The van der Waals surface area contributed by atoms with E-state index in [0.717, 1.165) is 5.56 Å². The van der Waals surface area contributed by atoms with Gasteiger partial charge in [0.1, 0.15) is 24.7 Å². The number of phenolic OH excluding ortho intramolecular Hbond substituents is 1. The number of hydrogen-bond donors (Lipinski definition) is 2. The molecule has 1 fully saturated rings. The van der Waals surface area contributed by atoms with Gasteiger partial charge >= 0.3 is 5.91 Å². The summed E-state index contributed by atoms with van der Waals surface area (Å²) < 4.78 is 11.8. The van der Waals surface area contributed by atoms with Crippen LogP contribution in [0.2, 0.25) is 0 Å². The van der Waals surface area contributed by atoms with E-state index in [-0.39, 0.29) is 22.2 Å². The molecule has 2 aliphatic rings. The Hall–Kier alpha value is -4.35. The van der Waals surface area contributed by atoms with Crippen molar-refractivity contribution in [3.8, 4) is 17.2 Å². The molecular weight excluding hydrogens is 550 g/mol. The maximum Gasteiger partial charge on any atom is 0.301 e. The number of aromatic nitrogens is 2. The van der Waals surface area contributed by atoms with E-state index in [9.17, 15) is 19.8 Å². The molecule has 0 spiro atoms. The van der Waals surface area contributed by atoms with Crippen LogP contribution >= 0.6 is 23.1 Å². The fourth-order valence-corrected chi connectivity index (χ4v) is 6.36. The number of aliphatic hydroxyl groups is 1. The molecule has 2 aliphatic heterocycles. The van der Waals surface area contributed by atoms with Gasteiger partial charge in [-0.2, -0.15) is 0 Å². The third-order valence-corrected chi connectivity index (χ3v) is 8.68. The quantitative estimate of drug-likeness (QED) is 0.105. The lowest BCUT2D eigenvalue weighted by Gasteiger charge is -2.23. The van der Waals surface area contributed by atoms with Crippen molar-refractivity contribution < 1.29 is 29.3 Å². The number of nitrogens with zero attached hydrogens (tertiary/aromatic N) is 3. The molecule has 0 bridgehead atoms. The van der Waals surface area contributed by atoms with Gasteiger partial charge in [-0.3, -0.25) is 14.5 Å². The average molecular weight is 574 g/mol. The zero-order valence-electron chi connectivity index (χ0n) is 21.2. The number of benzene rings is 3. The van der Waals surface area contributed by atoms with Crippen molar-refractivity contribution >= 4 is 45.7 Å². The Balaban J connectivity index is 1.38. The number of carbonyl (C=O) groups excluding carboxylic acids is 2. The fraction of sp³-hybridized carbons (Fsp3) is 0.172. The second kappa shape index (κ2) is 10.7. The number of amides is 1. The van der Waals surface area contributed by atoms with E-state index in [4.69, 9.17) is 9.47 Å². The first-order valence-electron chi connectivity index (χ1n) is 12.4. The van der Waals surface area contributed by atoms with Gasteiger partial charge in [0, 0.05) is 11.3 Å². The van der Waals surface area contributed by atoms with Crippen molar-refractivity contribution in [2.75, 3.05) is 18.1 Å². The number of thioether (sulfide) groups is 1. The van der Waals surface area contributed by atoms with Crippen LogP contribution in [0.15, 0.2) is 76.6 Å². The summed E-state index contributed by atoms with van der Waals surface area (Å²) in [5, 5.41) is 30.0. The van der Waals surface area contributed by atoms with Crippen LogP contribution in [0.1, 0.15) is 28.3 Å². The Bertz CT molecular complexity index is 1630. The molecule has 1 aromatic heterocycles. The Labute approximate surface area is 237 Å². The summed E-state index contributed by atoms with van der Waals surface area (Å²) in [4.78, 5) is 28.1. The summed E-state index contributed by atoms with van der Waals surface area (Å²) in [6, 6.07) is 18.1. The summed E-state index contributed by atoms with van der Waals surface area (Å²) in [6.07, 6.45) is 0. The highest BCUT2D eigenvalue weighted by molar-refractivity contribution is 8.00. The number of aliphatic hydroxyl groups excluding tert-OH is 1. The van der Waals surface area contributed by atoms with Crippen LogP contribution < -0.4 is 14.4 Å². The van der Waals surface area contributed by atoms with Crippen LogP contribution in [0.5, 0.6) is 17.2 Å². The molecule has 2 N–H and O–H groups in total. The van der Waals surface area contributed by atoms with Crippen LogP contribution in [-0.2, 0) is 15.3 Å². The molecule has 9 nitrogen and oxygen atoms in total. The summed E-state index contributed by atoms with van der Waals surface area (Å²) in [5.41, 5.74) is 3.01. The Kier molecular flexibility index (Phi) is 6.91. The summed E-state index contributed by atoms with van der Waals surface area (Å²) in [7, 11) is 0. The van der Waals surface area contributed by atoms with Crippen molar-refractivity contribution in [1.82, 2.24) is 10.2 Å². The summed E-state index contributed by atoms with van der Waals surface area (Å²) >= 11 is 2.67. The number of hydrogen-bond acceptors (Lipinski definition) is 10. The third kappa shape index (κ3) is 4.89. The number of aromatic hydroxyl groups is 1. The minimum atomic E-state index is -0.989. The van der Waals surface area contributed by atoms with E-state index in [1.54, 1.807) is 30.3 Å². The maximum absolute atomic E-state index is 13.4. The molecule has 0 aliphatic carbocycles. The van der Waals surface area contributed by atoms with E-state index in [1.165, 1.54) is 45.7 Å². The predicted octanol–water partition coefficient (Wildman–Crippen LogP) is 5.24. The molecule has 3 heterocycles. The molecule has 4 aromatic rings. The van der Waals surface area contributed by atoms with Crippen LogP contribution in [0.3, 0.4) is 0 Å². The smallest absolute Gasteiger partial charge is 0.301 e. The number of aryl methyl sites for hydroxylation is 1. The van der Waals surface area contributed by atoms with Crippen LogP contribution in [0, 0.1) is 6.92 Å². The van der Waals surface area contributed by atoms with Crippen molar-refractivity contribution in [2.24, 2.45) is 0 Å². The number of carbonyl (C=O) groups is 2. The van der Waals surface area contributed by atoms with Gasteiger partial charge in [0.05, 0.1) is 11.6 Å². The van der Waals surface area contributed by atoms with E-state index in [1.807, 2.05) is 31.2 Å². The van der Waals surface area contributed by atoms with Crippen molar-refractivity contribution in [1.29, 1.82) is 0 Å². The largest absolute Gasteiger partial charge is 0.508 e. The highest BCUT2D eigenvalue weighted by atomic mass is 32.2. The van der Waals surface area contributed by atoms with Gasteiger partial charge in [-0.1, -0.05) is 65.1 Å². The normalized spacial score (nSPS) is 17.8. The second-order valence-electron chi connectivity index (χ2n) is 9.24. The SMILES string of the molecule is Cc1ccc(CSc2nnc(N3C(=O)C(=O)/C(=C(/O)c4ccc5c(c4)OCCO5)C3c3ccc(O)cc3)s2)cc1. The number of ether oxygens (including phenoxy) is 2. The van der Waals surface area contributed by atoms with Gasteiger partial charge in [0.25, 0.3) is 5.78 Å². The maximum atomic E-state index is 13.4. The van der Waals surface area contributed by atoms with Crippen LogP contribution in [0.4, 0.5) is 5.13 Å². The topological polar surface area (TPSA) is 122 Å². The van der Waals surface area contributed by atoms with Crippen LogP contribution in [-0.4, -0.2) is 45.3 Å². The van der Waals surface area contributed by atoms with E-state index in [2.05, 4.69) is 10.2 Å². The zero-order valence-corrected chi connectivity index (χ0v) is 22.9. The Morgan fingerprint density at radius 1 is 1.00 bits per heavy atom. The monoisotopic (exact) mass is 573 g/mol. The average Bonchev–Trinajstić information content (AvgIpc) is 3.54. The molecule has 1 unspecified atom stereocenters. The van der Waals surface area contributed by atoms with E-state index < -0.39 is 17.7 Å². The molecule has 1 saturated heterocycles. The van der Waals surface area contributed by atoms with Crippen molar-refractivity contribution in [3.63, 3.8) is 0 Å². The first-order chi connectivity index (χ1) is 19.4. The van der Waals surface area contributed by atoms with Gasteiger partial charge in [-0.25, -0.2) is 0 Å². The first kappa shape index (κ1) is 25.9. The lowest BCUT2D eigenvalue weighted by molar-refractivity contribution is -0.132. The fourth-order valence-electron chi connectivity index (χ4n) is 4.54. The number of phenols is 1. The van der Waals surface area contributed by atoms with E-state index >= 15 is 0 Å². The van der Waals surface area contributed by atoms with Crippen molar-refractivity contribution in [2.45, 2.75) is 23.1 Å². The number of anilines is 1. The minimum absolute atomic E-state index is 0.0262. The number of rotatable bonds is 6. The number of ketones is 1. The van der Waals surface area contributed by atoms with Gasteiger partial charge in [-0.15, -0.1) is 10.2 Å². The lowest BCUT2D eigenvalue weighted by Crippen LogP contribution is -2.29. The van der Waals surface area contributed by atoms with Gasteiger partial charge in [0.15, 0.2) is 15.8 Å². The number of Topliss-reactive ketones (excluding diaryl/α,β-unsaturated/α-hetero) is 1. The highest BCUT2D eigenvalue weighted by Crippen LogP contribution is 2.45. The molecule has 0 radical (unpaired) electrons. The molecule has 1 atom stereocenters. The van der Waals surface area contributed by atoms with E-state index in [0.29, 0.717) is 45.9 Å². The molecule has 6 rings (SSSR count). The second-order valence-corrected chi connectivity index (χ2v) is 11.4. The number of fused-ring (bicyclic) bond motifs is 1. The minimum Gasteiger partial charge on any atom is -0.508 e. The van der Waals surface area contributed by atoms with Crippen molar-refractivity contribution in [3.05, 3.63) is 94.6 Å². The van der Waals surface area contributed by atoms with Gasteiger partial charge in [-0.05, 0) is 48.4 Å². The summed E-state index contributed by atoms with van der Waals surface area (Å²) in [6.45, 7) is 2.80. The Morgan fingerprint density at radius 2 is 1.73 bits per heavy atom. The Morgan fingerprint density at radius 3 is 2.48 bits per heavy atom. The molecular formula is C29H23N3O6S2. The van der Waals surface area contributed by atoms with Gasteiger partial charge < -0.3 is 19.7 Å². The third-order valence-electron chi connectivity index (χ3n) is 6.55. The molecule has 40 heavy (non-hydrogen) atoms. The standard InChI is InChI=1S/C29H23N3O6S2/c1-16-2-4-17(5-3-16)15-39-29-31-30-28(40-29)32-24(18-6-9-20(33)10-7-18)23(26(35)27(32)36)25(34)19-8-11-21-22(14-19)38-13-12-37-21/h2-11,14,24,33-34H,12-13,15H2,1H3/b25-23+. The first-order valence-corrected chi connectivity index (χ1v) is 14.2. The lowest BCUT2D eigenvalue weighted by atomic mass is 9.95. The zero-order chi connectivity index (χ0) is 27.8. The molecule has 202 valence electrons. The van der Waals surface area contributed by atoms with Crippen LogP contribution in [0.25, 0.3) is 5.76 Å². The summed E-state index contributed by atoms with van der Waals surface area (Å²) in [5.74, 6) is -0.377. The molecule has 1 amide bonds. The molecule has 3 aromatic carbocycles. The molecule has 11 heteroatoms. The highest BCUT2D eigenvalue weighted by Gasteiger charge is 2.48. The van der Waals surface area contributed by atoms with Gasteiger partial charge in [0.2, 0.25) is 5.13 Å².